The van der Waals surface area contributed by atoms with Gasteiger partial charge in [-0.25, -0.2) is 0 Å². The normalized spacial score (nSPS) is 22.7. The van der Waals surface area contributed by atoms with Crippen LogP contribution in [0.4, 0.5) is 0 Å². The number of piperidine rings is 1. The second-order valence-corrected chi connectivity index (χ2v) is 5.34. The lowest BCUT2D eigenvalue weighted by Gasteiger charge is -2.35. The van der Waals surface area contributed by atoms with Crippen LogP contribution in [0.15, 0.2) is 0 Å². The van der Waals surface area contributed by atoms with Gasteiger partial charge in [-0.1, -0.05) is 20.3 Å². The number of carbonyl (C=O) groups excluding carboxylic acids is 1. The van der Waals surface area contributed by atoms with Gasteiger partial charge in [0.2, 0.25) is 5.91 Å². The first-order chi connectivity index (χ1) is 8.69. The topological polar surface area (TPSA) is 44.4 Å². The van der Waals surface area contributed by atoms with E-state index in [1.54, 1.807) is 0 Å². The van der Waals surface area contributed by atoms with Gasteiger partial charge in [-0.05, 0) is 32.9 Å². The van der Waals surface area contributed by atoms with Gasteiger partial charge in [-0.3, -0.25) is 9.69 Å². The smallest absolute Gasteiger partial charge is 0.224 e. The molecule has 4 heteroatoms. The largest absolute Gasteiger partial charge is 0.355 e. The van der Waals surface area contributed by atoms with Gasteiger partial charge in [0.1, 0.15) is 0 Å². The summed E-state index contributed by atoms with van der Waals surface area (Å²) >= 11 is 0. The van der Waals surface area contributed by atoms with Gasteiger partial charge in [0.25, 0.3) is 0 Å². The maximum Gasteiger partial charge on any atom is 0.224 e. The SMILES string of the molecule is CCC1CCCCN1CCNC(=O)C(C)CNC. The van der Waals surface area contributed by atoms with Crippen molar-refractivity contribution < 1.29 is 4.79 Å². The lowest BCUT2D eigenvalue weighted by Crippen LogP contribution is -2.44. The van der Waals surface area contributed by atoms with E-state index in [4.69, 9.17) is 0 Å². The van der Waals surface area contributed by atoms with Gasteiger partial charge in [0.15, 0.2) is 0 Å². The van der Waals surface area contributed by atoms with Gasteiger partial charge in [0.05, 0.1) is 0 Å². The van der Waals surface area contributed by atoms with Crippen molar-refractivity contribution in [3.63, 3.8) is 0 Å². The van der Waals surface area contributed by atoms with Crippen molar-refractivity contribution in [2.45, 2.75) is 45.6 Å². The lowest BCUT2D eigenvalue weighted by molar-refractivity contribution is -0.124. The lowest BCUT2D eigenvalue weighted by atomic mass is 10.0. The number of nitrogens with one attached hydrogen (secondary N) is 2. The molecular formula is C14H29N3O. The van der Waals surface area contributed by atoms with E-state index in [1.807, 2.05) is 14.0 Å². The molecule has 2 unspecified atom stereocenters. The molecule has 0 aromatic carbocycles. The number of hydrogen-bond donors (Lipinski definition) is 2. The van der Waals surface area contributed by atoms with Crippen molar-refractivity contribution in [3.8, 4) is 0 Å². The standard InChI is InChI=1S/C14H29N3O/c1-4-13-7-5-6-9-17(13)10-8-16-14(18)12(2)11-15-3/h12-13,15H,4-11H2,1-3H3,(H,16,18). The Labute approximate surface area is 111 Å². The van der Waals surface area contributed by atoms with Crippen molar-refractivity contribution >= 4 is 5.91 Å². The van der Waals surface area contributed by atoms with E-state index >= 15 is 0 Å². The highest BCUT2D eigenvalue weighted by atomic mass is 16.1. The summed E-state index contributed by atoms with van der Waals surface area (Å²) in [6, 6.07) is 0.727. The van der Waals surface area contributed by atoms with Gasteiger partial charge in [-0.15, -0.1) is 0 Å². The van der Waals surface area contributed by atoms with Crippen molar-refractivity contribution in [1.82, 2.24) is 15.5 Å². The van der Waals surface area contributed by atoms with Gasteiger partial charge in [-0.2, -0.15) is 0 Å². The number of carbonyl (C=O) groups is 1. The molecule has 1 heterocycles. The third-order valence-corrected chi connectivity index (χ3v) is 3.88. The molecule has 1 rings (SSSR count). The molecule has 0 spiro atoms. The minimum atomic E-state index is 0.0540. The van der Waals surface area contributed by atoms with Crippen molar-refractivity contribution in [2.24, 2.45) is 5.92 Å². The molecule has 0 saturated carbocycles. The van der Waals surface area contributed by atoms with E-state index in [-0.39, 0.29) is 11.8 Å². The zero-order chi connectivity index (χ0) is 13.4. The molecule has 2 atom stereocenters. The average Bonchev–Trinajstić information content (AvgIpc) is 2.39. The van der Waals surface area contributed by atoms with Crippen molar-refractivity contribution in [3.05, 3.63) is 0 Å². The fourth-order valence-corrected chi connectivity index (χ4v) is 2.71. The highest BCUT2D eigenvalue weighted by Crippen LogP contribution is 2.18. The summed E-state index contributed by atoms with van der Waals surface area (Å²) in [4.78, 5) is 14.3. The fraction of sp³-hybridized carbons (Fsp3) is 0.929. The first-order valence-corrected chi connectivity index (χ1v) is 7.35. The number of amides is 1. The summed E-state index contributed by atoms with van der Waals surface area (Å²) in [6.07, 6.45) is 5.21. The van der Waals surface area contributed by atoms with Crippen LogP contribution in [0, 0.1) is 5.92 Å². The summed E-state index contributed by atoms with van der Waals surface area (Å²) in [6.45, 7) is 7.94. The van der Waals surface area contributed by atoms with E-state index in [0.29, 0.717) is 0 Å². The zero-order valence-electron chi connectivity index (χ0n) is 12.2. The van der Waals surface area contributed by atoms with Crippen LogP contribution in [0.2, 0.25) is 0 Å². The Morgan fingerprint density at radius 3 is 2.89 bits per heavy atom. The molecule has 0 aromatic heterocycles. The average molecular weight is 255 g/mol. The monoisotopic (exact) mass is 255 g/mol. The van der Waals surface area contributed by atoms with Gasteiger partial charge in [0, 0.05) is 31.6 Å². The van der Waals surface area contributed by atoms with Crippen LogP contribution in [0.25, 0.3) is 0 Å². The molecule has 0 aromatic rings. The van der Waals surface area contributed by atoms with E-state index in [0.717, 1.165) is 25.7 Å². The molecule has 4 nitrogen and oxygen atoms in total. The van der Waals surface area contributed by atoms with Crippen LogP contribution in [-0.4, -0.2) is 50.1 Å². The highest BCUT2D eigenvalue weighted by Gasteiger charge is 2.20. The Bertz CT molecular complexity index is 245. The van der Waals surface area contributed by atoms with Crippen LogP contribution in [-0.2, 0) is 4.79 Å². The molecule has 0 bridgehead atoms. The highest BCUT2D eigenvalue weighted by molar-refractivity contribution is 5.78. The molecule has 1 aliphatic rings. The summed E-state index contributed by atoms with van der Waals surface area (Å²) in [7, 11) is 1.88. The van der Waals surface area contributed by atoms with Gasteiger partial charge >= 0.3 is 0 Å². The maximum absolute atomic E-state index is 11.8. The van der Waals surface area contributed by atoms with Crippen molar-refractivity contribution in [1.29, 1.82) is 0 Å². The summed E-state index contributed by atoms with van der Waals surface area (Å²) < 4.78 is 0. The fourth-order valence-electron chi connectivity index (χ4n) is 2.71. The van der Waals surface area contributed by atoms with Gasteiger partial charge < -0.3 is 10.6 Å². The van der Waals surface area contributed by atoms with E-state index in [9.17, 15) is 4.79 Å². The second-order valence-electron chi connectivity index (χ2n) is 5.34. The molecule has 106 valence electrons. The Kier molecular flexibility index (Phi) is 7.28. The van der Waals surface area contributed by atoms with E-state index < -0.39 is 0 Å². The predicted octanol–water partition coefficient (Wildman–Crippen LogP) is 1.22. The zero-order valence-corrected chi connectivity index (χ0v) is 12.2. The molecule has 0 radical (unpaired) electrons. The quantitative estimate of drug-likeness (QED) is 0.719. The maximum atomic E-state index is 11.8. The molecular weight excluding hydrogens is 226 g/mol. The predicted molar refractivity (Wildman–Crippen MR) is 75.6 cm³/mol. The molecule has 18 heavy (non-hydrogen) atoms. The van der Waals surface area contributed by atoms with Crippen LogP contribution < -0.4 is 10.6 Å². The molecule has 0 aliphatic carbocycles. The molecule has 2 N–H and O–H groups in total. The Morgan fingerprint density at radius 2 is 2.22 bits per heavy atom. The molecule has 1 saturated heterocycles. The minimum Gasteiger partial charge on any atom is -0.355 e. The van der Waals surface area contributed by atoms with Crippen LogP contribution in [0.5, 0.6) is 0 Å². The molecule has 1 fully saturated rings. The number of nitrogens with zero attached hydrogens (tertiary/aromatic N) is 1. The number of hydrogen-bond acceptors (Lipinski definition) is 3. The summed E-state index contributed by atoms with van der Waals surface area (Å²) in [5.74, 6) is 0.215. The second kappa shape index (κ2) is 8.48. The van der Waals surface area contributed by atoms with Crippen molar-refractivity contribution in [2.75, 3.05) is 33.2 Å². The molecule has 1 amide bonds. The third kappa shape index (κ3) is 4.94. The number of rotatable bonds is 7. The first-order valence-electron chi connectivity index (χ1n) is 7.35. The minimum absolute atomic E-state index is 0.0540. The first kappa shape index (κ1) is 15.4. The summed E-state index contributed by atoms with van der Waals surface area (Å²) in [5.41, 5.74) is 0. The molecule has 1 aliphatic heterocycles. The van der Waals surface area contributed by atoms with E-state index in [1.165, 1.54) is 32.2 Å². The Balaban J connectivity index is 2.21. The number of likely N-dealkylation sites (tertiary alicyclic amines) is 1. The van der Waals surface area contributed by atoms with Crippen LogP contribution in [0.1, 0.15) is 39.5 Å². The van der Waals surface area contributed by atoms with E-state index in [2.05, 4.69) is 22.5 Å². The Morgan fingerprint density at radius 1 is 1.44 bits per heavy atom. The summed E-state index contributed by atoms with van der Waals surface area (Å²) in [5, 5.41) is 6.07. The van der Waals surface area contributed by atoms with Crippen LogP contribution >= 0.6 is 0 Å². The van der Waals surface area contributed by atoms with Crippen LogP contribution in [0.3, 0.4) is 0 Å². The Hall–Kier alpha value is -0.610. The third-order valence-electron chi connectivity index (χ3n) is 3.88.